The van der Waals surface area contributed by atoms with Crippen LogP contribution in [0.3, 0.4) is 0 Å². The van der Waals surface area contributed by atoms with Crippen LogP contribution in [-0.4, -0.2) is 72.4 Å². The molecule has 0 bridgehead atoms. The second-order valence-corrected chi connectivity index (χ2v) is 22.4. The van der Waals surface area contributed by atoms with Gasteiger partial charge in [0.05, 0.1) is 38.4 Å². The molecule has 1 fully saturated rings. The van der Waals surface area contributed by atoms with E-state index in [0.717, 1.165) is 35.3 Å². The Morgan fingerprint density at radius 2 is 1.56 bits per heavy atom. The zero-order valence-electron chi connectivity index (χ0n) is 36.7. The van der Waals surface area contributed by atoms with Crippen LogP contribution in [0.4, 0.5) is 0 Å². The lowest BCUT2D eigenvalue weighted by Crippen LogP contribution is -2.66. The standard InChI is InChI=1S/C50H68O8Si/c1-9-56-48(52)43-32-50(6)44-27-22-35(2)47(57-34-53-7)42(44)31-45(51)46(50)41(40(43)21-16-29-55-33-36-23-25-37(54-8)26-24-36)28-30-58-59(49(3,4)5,38-17-12-10-13-18-38)39-19-14-11-15-20-39/h10-15,17-20,22-26,42-47,51H,9,16,21,27-34H2,1-8H3/t42-,43+,44+,45?,46-,47-,50-/m0/s1. The molecule has 0 amide bonds. The summed E-state index contributed by atoms with van der Waals surface area (Å²) in [6, 6.07) is 29.4. The van der Waals surface area contributed by atoms with Gasteiger partial charge in [0, 0.05) is 26.2 Å². The van der Waals surface area contributed by atoms with E-state index in [4.69, 9.17) is 28.1 Å². The molecule has 6 rings (SSSR count). The van der Waals surface area contributed by atoms with Gasteiger partial charge in [-0.1, -0.05) is 118 Å². The van der Waals surface area contributed by atoms with Crippen molar-refractivity contribution in [1.82, 2.24) is 0 Å². The minimum atomic E-state index is -2.86. The van der Waals surface area contributed by atoms with Crippen molar-refractivity contribution < 1.29 is 38.0 Å². The highest BCUT2D eigenvalue weighted by atomic mass is 28.4. The fourth-order valence-corrected chi connectivity index (χ4v) is 15.6. The van der Waals surface area contributed by atoms with Crippen molar-refractivity contribution in [1.29, 1.82) is 0 Å². The van der Waals surface area contributed by atoms with Crippen molar-refractivity contribution in [2.75, 3.05) is 40.8 Å². The Morgan fingerprint density at radius 3 is 2.15 bits per heavy atom. The topological polar surface area (TPSA) is 92.7 Å². The van der Waals surface area contributed by atoms with E-state index in [9.17, 15) is 9.90 Å². The molecule has 1 unspecified atom stereocenters. The minimum absolute atomic E-state index is 0.0942. The van der Waals surface area contributed by atoms with Gasteiger partial charge in [0.25, 0.3) is 8.32 Å². The third-order valence-corrected chi connectivity index (χ3v) is 18.6. The average Bonchev–Trinajstić information content (AvgIpc) is 3.22. The Hall–Kier alpha value is -3.57. The van der Waals surface area contributed by atoms with Crippen LogP contribution in [0.15, 0.2) is 108 Å². The lowest BCUT2D eigenvalue weighted by atomic mass is 9.46. The van der Waals surface area contributed by atoms with Gasteiger partial charge in [-0.15, -0.1) is 0 Å². The first kappa shape index (κ1) is 45.0. The second kappa shape index (κ2) is 19.9. The molecule has 3 aliphatic rings. The zero-order chi connectivity index (χ0) is 42.2. The first-order valence-corrected chi connectivity index (χ1v) is 23.6. The Balaban J connectivity index is 1.39. The molecule has 0 spiro atoms. The number of aliphatic hydroxyl groups excluding tert-OH is 1. The highest BCUT2D eigenvalue weighted by Gasteiger charge is 2.60. The molecule has 0 aromatic heterocycles. The molecule has 1 N–H and O–H groups in total. The van der Waals surface area contributed by atoms with Crippen LogP contribution >= 0.6 is 0 Å². The SMILES string of the molecule is CCOC(=O)[C@@H]1C[C@@]2(C)[C@@H]3CC=C(C)[C@H](OCOC)[C@H]3CC(O)[C@@H]2C(CCO[Si](c2ccccc2)(c2ccccc2)C(C)(C)C)=C1CCCOCc1ccc(OC)cc1. The molecule has 3 aromatic carbocycles. The summed E-state index contributed by atoms with van der Waals surface area (Å²) in [5, 5.41) is 14.8. The van der Waals surface area contributed by atoms with Crippen molar-refractivity contribution in [3.8, 4) is 5.75 Å². The summed E-state index contributed by atoms with van der Waals surface area (Å²) in [4.78, 5) is 14.3. The summed E-state index contributed by atoms with van der Waals surface area (Å²) in [5.74, 6) is 0.337. The van der Waals surface area contributed by atoms with Crippen LogP contribution in [0, 0.1) is 29.1 Å². The fraction of sp³-hybridized carbons (Fsp3) is 0.540. The molecular weight excluding hydrogens is 757 g/mol. The van der Waals surface area contributed by atoms with Gasteiger partial charge >= 0.3 is 5.97 Å². The number of methoxy groups -OCH3 is 2. The zero-order valence-corrected chi connectivity index (χ0v) is 37.7. The maximum absolute atomic E-state index is 14.3. The maximum Gasteiger partial charge on any atom is 0.313 e. The molecule has 0 radical (unpaired) electrons. The smallest absolute Gasteiger partial charge is 0.313 e. The van der Waals surface area contributed by atoms with Crippen molar-refractivity contribution in [2.45, 2.75) is 104 Å². The van der Waals surface area contributed by atoms with Gasteiger partial charge in [-0.3, -0.25) is 4.79 Å². The van der Waals surface area contributed by atoms with Gasteiger partial charge in [0.15, 0.2) is 0 Å². The summed E-state index contributed by atoms with van der Waals surface area (Å²) in [6.45, 7) is 15.2. The lowest BCUT2D eigenvalue weighted by Gasteiger charge is -2.60. The van der Waals surface area contributed by atoms with Gasteiger partial charge in [0.2, 0.25) is 0 Å². The van der Waals surface area contributed by atoms with Gasteiger partial charge in [-0.2, -0.15) is 0 Å². The monoisotopic (exact) mass is 824 g/mol. The van der Waals surface area contributed by atoms with Gasteiger partial charge in [-0.25, -0.2) is 0 Å². The molecule has 9 heteroatoms. The third kappa shape index (κ3) is 9.51. The number of rotatable bonds is 18. The number of carbonyl (C=O) groups is 1. The number of fused-ring (bicyclic) bond motifs is 3. The van der Waals surface area contributed by atoms with Crippen LogP contribution in [0.5, 0.6) is 5.75 Å². The molecule has 3 aromatic rings. The third-order valence-electron chi connectivity index (χ3n) is 13.6. The Labute approximate surface area is 354 Å². The molecule has 59 heavy (non-hydrogen) atoms. The van der Waals surface area contributed by atoms with Crippen LogP contribution in [-0.2, 0) is 34.8 Å². The van der Waals surface area contributed by atoms with E-state index >= 15 is 0 Å². The van der Waals surface area contributed by atoms with E-state index in [-0.39, 0.29) is 41.7 Å². The summed E-state index contributed by atoms with van der Waals surface area (Å²) in [6.07, 6.45) is 5.66. The number of benzene rings is 3. The van der Waals surface area contributed by atoms with E-state index in [0.29, 0.717) is 52.1 Å². The number of esters is 1. The van der Waals surface area contributed by atoms with Crippen molar-refractivity contribution in [3.63, 3.8) is 0 Å². The highest BCUT2D eigenvalue weighted by Crippen LogP contribution is 2.62. The molecule has 7 atom stereocenters. The van der Waals surface area contributed by atoms with Gasteiger partial charge in [-0.05, 0) is 108 Å². The van der Waals surface area contributed by atoms with E-state index in [1.54, 1.807) is 14.2 Å². The number of allylic oxidation sites excluding steroid dienone is 1. The van der Waals surface area contributed by atoms with E-state index in [1.165, 1.54) is 15.9 Å². The number of carbonyl (C=O) groups excluding carboxylic acids is 1. The molecule has 1 saturated carbocycles. The van der Waals surface area contributed by atoms with E-state index < -0.39 is 25.8 Å². The fourth-order valence-electron chi connectivity index (χ4n) is 11.0. The largest absolute Gasteiger partial charge is 0.497 e. The van der Waals surface area contributed by atoms with E-state index in [2.05, 4.69) is 101 Å². The van der Waals surface area contributed by atoms with Gasteiger partial charge in [0.1, 0.15) is 12.5 Å². The first-order valence-electron chi connectivity index (χ1n) is 21.7. The van der Waals surface area contributed by atoms with Crippen molar-refractivity contribution in [2.24, 2.45) is 29.1 Å². The Bertz CT molecular complexity index is 1830. The lowest BCUT2D eigenvalue weighted by molar-refractivity contribution is -0.162. The van der Waals surface area contributed by atoms with Crippen LogP contribution < -0.4 is 15.1 Å². The maximum atomic E-state index is 14.3. The normalized spacial score (nSPS) is 25.8. The summed E-state index contributed by atoms with van der Waals surface area (Å²) >= 11 is 0. The van der Waals surface area contributed by atoms with Crippen molar-refractivity contribution in [3.05, 3.63) is 113 Å². The molecular formula is C50H68O8Si. The first-order chi connectivity index (χ1) is 28.4. The number of hydrogen-bond acceptors (Lipinski definition) is 8. The van der Waals surface area contributed by atoms with Crippen LogP contribution in [0.2, 0.25) is 5.04 Å². The molecule has 8 nitrogen and oxygen atoms in total. The average molecular weight is 825 g/mol. The number of ether oxygens (including phenoxy) is 5. The predicted molar refractivity (Wildman–Crippen MR) is 236 cm³/mol. The predicted octanol–water partition coefficient (Wildman–Crippen LogP) is 8.80. The number of hydrogen-bond donors (Lipinski definition) is 1. The quantitative estimate of drug-likeness (QED) is 0.0448. The summed E-state index contributed by atoms with van der Waals surface area (Å²) < 4.78 is 36.7. The highest BCUT2D eigenvalue weighted by molar-refractivity contribution is 6.99. The second-order valence-electron chi connectivity index (χ2n) is 18.1. The molecule has 3 aliphatic carbocycles. The minimum Gasteiger partial charge on any atom is -0.497 e. The molecule has 0 aliphatic heterocycles. The molecule has 320 valence electrons. The van der Waals surface area contributed by atoms with Gasteiger partial charge < -0.3 is 33.2 Å². The van der Waals surface area contributed by atoms with E-state index in [1.807, 2.05) is 31.2 Å². The Morgan fingerprint density at radius 1 is 0.898 bits per heavy atom. The van der Waals surface area contributed by atoms with Crippen LogP contribution in [0.1, 0.15) is 85.6 Å². The summed E-state index contributed by atoms with van der Waals surface area (Å²) in [7, 11) is 0.454. The molecule has 0 saturated heterocycles. The van der Waals surface area contributed by atoms with Crippen LogP contribution in [0.25, 0.3) is 0 Å². The Kier molecular flexibility index (Phi) is 15.1. The number of aliphatic hydroxyl groups is 1. The van der Waals surface area contributed by atoms with Crippen molar-refractivity contribution >= 4 is 24.7 Å². The summed E-state index contributed by atoms with van der Waals surface area (Å²) in [5.41, 5.74) is 4.12. The molecule has 0 heterocycles.